The molecule has 0 aromatic heterocycles. The third-order valence-electron chi connectivity index (χ3n) is 4.62. The number of nitrogens with one attached hydrogen (secondary N) is 2. The Labute approximate surface area is 146 Å². The second kappa shape index (κ2) is 7.55. The Hall–Kier alpha value is -2.57. The SMILES string of the molecule is Cc1ccc(OC2CCN(C(=O)CCC3NC(=O)NC3=O)CC2)cc1. The van der Waals surface area contributed by atoms with E-state index in [0.29, 0.717) is 19.5 Å². The molecular formula is C18H23N3O4. The summed E-state index contributed by atoms with van der Waals surface area (Å²) in [4.78, 5) is 36.6. The van der Waals surface area contributed by atoms with E-state index < -0.39 is 12.1 Å². The maximum Gasteiger partial charge on any atom is 0.322 e. The number of carbonyl (C=O) groups is 3. The fraction of sp³-hybridized carbons (Fsp3) is 0.500. The Balaban J connectivity index is 1.41. The number of hydrogen-bond donors (Lipinski definition) is 2. The lowest BCUT2D eigenvalue weighted by atomic mass is 10.1. The van der Waals surface area contributed by atoms with Gasteiger partial charge < -0.3 is 15.0 Å². The largest absolute Gasteiger partial charge is 0.490 e. The molecule has 1 unspecified atom stereocenters. The molecule has 1 aromatic rings. The maximum atomic E-state index is 12.3. The molecule has 2 fully saturated rings. The van der Waals surface area contributed by atoms with Crippen LogP contribution in [-0.2, 0) is 9.59 Å². The van der Waals surface area contributed by atoms with Gasteiger partial charge in [0.05, 0.1) is 0 Å². The van der Waals surface area contributed by atoms with Gasteiger partial charge in [0.15, 0.2) is 0 Å². The fourth-order valence-electron chi connectivity index (χ4n) is 3.12. The van der Waals surface area contributed by atoms with Gasteiger partial charge in [-0.3, -0.25) is 14.9 Å². The molecular weight excluding hydrogens is 322 g/mol. The molecule has 0 saturated carbocycles. The number of aryl methyl sites for hydroxylation is 1. The molecule has 2 N–H and O–H groups in total. The normalized spacial score (nSPS) is 21.0. The Morgan fingerprint density at radius 3 is 2.48 bits per heavy atom. The van der Waals surface area contributed by atoms with Gasteiger partial charge in [-0.15, -0.1) is 0 Å². The van der Waals surface area contributed by atoms with Crippen molar-refractivity contribution in [3.8, 4) is 5.75 Å². The van der Waals surface area contributed by atoms with E-state index in [2.05, 4.69) is 10.6 Å². The number of nitrogens with zero attached hydrogens (tertiary/aromatic N) is 1. The monoisotopic (exact) mass is 345 g/mol. The lowest BCUT2D eigenvalue weighted by Gasteiger charge is -2.32. The molecule has 3 rings (SSSR count). The van der Waals surface area contributed by atoms with Gasteiger partial charge in [0.1, 0.15) is 17.9 Å². The number of piperidine rings is 1. The predicted octanol–water partition coefficient (Wildman–Crippen LogP) is 1.35. The van der Waals surface area contributed by atoms with Gasteiger partial charge in [-0.05, 0) is 25.5 Å². The highest BCUT2D eigenvalue weighted by molar-refractivity contribution is 6.04. The van der Waals surface area contributed by atoms with Crippen molar-refractivity contribution >= 4 is 17.8 Å². The van der Waals surface area contributed by atoms with Crippen molar-refractivity contribution in [3.05, 3.63) is 29.8 Å². The Morgan fingerprint density at radius 1 is 1.20 bits per heavy atom. The van der Waals surface area contributed by atoms with E-state index in [4.69, 9.17) is 4.74 Å². The molecule has 25 heavy (non-hydrogen) atoms. The molecule has 1 aromatic carbocycles. The summed E-state index contributed by atoms with van der Waals surface area (Å²) in [6.45, 7) is 3.34. The van der Waals surface area contributed by atoms with E-state index in [1.54, 1.807) is 0 Å². The molecule has 4 amide bonds. The van der Waals surface area contributed by atoms with E-state index in [0.717, 1.165) is 18.6 Å². The molecule has 0 bridgehead atoms. The van der Waals surface area contributed by atoms with Gasteiger partial charge in [-0.1, -0.05) is 17.7 Å². The molecule has 2 heterocycles. The van der Waals surface area contributed by atoms with Crippen LogP contribution in [0.25, 0.3) is 0 Å². The van der Waals surface area contributed by atoms with Gasteiger partial charge in [-0.25, -0.2) is 4.79 Å². The van der Waals surface area contributed by atoms with Crippen molar-refractivity contribution in [2.45, 2.75) is 44.8 Å². The summed E-state index contributed by atoms with van der Waals surface area (Å²) in [5.41, 5.74) is 1.19. The summed E-state index contributed by atoms with van der Waals surface area (Å²) in [7, 11) is 0. The fourth-order valence-corrected chi connectivity index (χ4v) is 3.12. The lowest BCUT2D eigenvalue weighted by Crippen LogP contribution is -2.42. The number of hydrogen-bond acceptors (Lipinski definition) is 4. The first-order valence-corrected chi connectivity index (χ1v) is 8.64. The zero-order valence-corrected chi connectivity index (χ0v) is 14.3. The molecule has 134 valence electrons. The number of amides is 4. The van der Waals surface area contributed by atoms with Crippen LogP contribution in [-0.4, -0.2) is 48.0 Å². The predicted molar refractivity (Wildman–Crippen MR) is 91.1 cm³/mol. The highest BCUT2D eigenvalue weighted by Gasteiger charge is 2.31. The van der Waals surface area contributed by atoms with Crippen LogP contribution in [0.4, 0.5) is 4.79 Å². The van der Waals surface area contributed by atoms with Gasteiger partial charge in [0.2, 0.25) is 5.91 Å². The molecule has 0 radical (unpaired) electrons. The molecule has 0 aliphatic carbocycles. The van der Waals surface area contributed by atoms with Crippen molar-refractivity contribution in [3.63, 3.8) is 0 Å². The second-order valence-corrected chi connectivity index (χ2v) is 6.57. The summed E-state index contributed by atoms with van der Waals surface area (Å²) < 4.78 is 5.97. The average molecular weight is 345 g/mol. The third-order valence-corrected chi connectivity index (χ3v) is 4.62. The van der Waals surface area contributed by atoms with Gasteiger partial charge in [0.25, 0.3) is 5.91 Å². The van der Waals surface area contributed by atoms with E-state index in [9.17, 15) is 14.4 Å². The van der Waals surface area contributed by atoms with Crippen LogP contribution in [0, 0.1) is 6.92 Å². The zero-order chi connectivity index (χ0) is 17.8. The third kappa shape index (κ3) is 4.49. The minimum absolute atomic E-state index is 0.0164. The number of ether oxygens (including phenoxy) is 1. The van der Waals surface area contributed by atoms with Gasteiger partial charge >= 0.3 is 6.03 Å². The number of carbonyl (C=O) groups excluding carboxylic acids is 3. The van der Waals surface area contributed by atoms with Crippen molar-refractivity contribution in [2.75, 3.05) is 13.1 Å². The summed E-state index contributed by atoms with van der Waals surface area (Å²) in [6, 6.07) is 6.88. The second-order valence-electron chi connectivity index (χ2n) is 6.57. The van der Waals surface area contributed by atoms with Gasteiger partial charge in [-0.2, -0.15) is 0 Å². The molecule has 2 aliphatic rings. The first-order valence-electron chi connectivity index (χ1n) is 8.64. The first kappa shape index (κ1) is 17.3. The van der Waals surface area contributed by atoms with E-state index in [1.807, 2.05) is 36.1 Å². The van der Waals surface area contributed by atoms with Crippen molar-refractivity contribution in [1.29, 1.82) is 0 Å². The number of rotatable bonds is 5. The number of urea groups is 1. The smallest absolute Gasteiger partial charge is 0.322 e. The minimum atomic E-state index is -0.598. The number of imide groups is 1. The van der Waals surface area contributed by atoms with Crippen molar-refractivity contribution in [1.82, 2.24) is 15.5 Å². The Kier molecular flexibility index (Phi) is 5.21. The summed E-state index contributed by atoms with van der Waals surface area (Å²) in [5.74, 6) is 0.518. The Bertz CT molecular complexity index is 651. The first-order chi connectivity index (χ1) is 12.0. The maximum absolute atomic E-state index is 12.3. The topological polar surface area (TPSA) is 87.7 Å². The van der Waals surface area contributed by atoms with Crippen LogP contribution in [0.5, 0.6) is 5.75 Å². The molecule has 7 heteroatoms. The molecule has 2 saturated heterocycles. The molecule has 1 atom stereocenters. The van der Waals surface area contributed by atoms with E-state index in [-0.39, 0.29) is 24.3 Å². The average Bonchev–Trinajstić information content (AvgIpc) is 2.93. The van der Waals surface area contributed by atoms with E-state index >= 15 is 0 Å². The quantitative estimate of drug-likeness (QED) is 0.789. The standard InChI is InChI=1S/C18H23N3O4/c1-12-2-4-13(5-3-12)25-14-8-10-21(11-9-14)16(22)7-6-15-17(23)20-18(24)19-15/h2-5,14-15H,6-11H2,1H3,(H2,19,20,23,24). The summed E-state index contributed by atoms with van der Waals surface area (Å²) >= 11 is 0. The highest BCUT2D eigenvalue weighted by atomic mass is 16.5. The van der Waals surface area contributed by atoms with Crippen molar-refractivity contribution < 1.29 is 19.1 Å². The van der Waals surface area contributed by atoms with Crippen molar-refractivity contribution in [2.24, 2.45) is 0 Å². The summed E-state index contributed by atoms with van der Waals surface area (Å²) in [6.07, 6.45) is 2.28. The molecule has 7 nitrogen and oxygen atoms in total. The van der Waals surface area contributed by atoms with Crippen LogP contribution in [0.1, 0.15) is 31.2 Å². The van der Waals surface area contributed by atoms with E-state index in [1.165, 1.54) is 5.56 Å². The number of likely N-dealkylation sites (tertiary alicyclic amines) is 1. The van der Waals surface area contributed by atoms with Crippen LogP contribution in [0.15, 0.2) is 24.3 Å². The van der Waals surface area contributed by atoms with Crippen LogP contribution >= 0.6 is 0 Å². The van der Waals surface area contributed by atoms with Crippen LogP contribution in [0.2, 0.25) is 0 Å². The Morgan fingerprint density at radius 2 is 1.88 bits per heavy atom. The lowest BCUT2D eigenvalue weighted by molar-refractivity contribution is -0.133. The van der Waals surface area contributed by atoms with Gasteiger partial charge in [0, 0.05) is 32.4 Å². The number of benzene rings is 1. The molecule has 0 spiro atoms. The van der Waals surface area contributed by atoms with Crippen LogP contribution < -0.4 is 15.4 Å². The minimum Gasteiger partial charge on any atom is -0.490 e. The molecule has 2 aliphatic heterocycles. The summed E-state index contributed by atoms with van der Waals surface area (Å²) in [5, 5.41) is 4.68. The van der Waals surface area contributed by atoms with Crippen LogP contribution in [0.3, 0.4) is 0 Å². The zero-order valence-electron chi connectivity index (χ0n) is 14.3. The highest BCUT2D eigenvalue weighted by Crippen LogP contribution is 2.20.